The van der Waals surface area contributed by atoms with Crippen LogP contribution in [0.15, 0.2) is 84.9 Å². The Morgan fingerprint density at radius 3 is 1.84 bits per heavy atom. The summed E-state index contributed by atoms with van der Waals surface area (Å²) in [5, 5.41) is 0. The van der Waals surface area contributed by atoms with E-state index in [-0.39, 0.29) is 18.2 Å². The van der Waals surface area contributed by atoms with Gasteiger partial charge in [0.2, 0.25) is 0 Å². The molecule has 0 bridgehead atoms. The first-order valence-corrected chi connectivity index (χ1v) is 14.9. The molecule has 4 rings (SSSR count). The second-order valence-corrected chi connectivity index (χ2v) is 14.3. The van der Waals surface area contributed by atoms with Crippen molar-refractivity contribution in [2.45, 2.75) is 44.6 Å². The minimum atomic E-state index is -2.09. The molecule has 162 valence electrons. The predicted molar refractivity (Wildman–Crippen MR) is 128 cm³/mol. The van der Waals surface area contributed by atoms with Crippen LogP contribution in [0.2, 0.25) is 0 Å². The molecule has 0 spiro atoms. The Labute approximate surface area is 192 Å². The van der Waals surface area contributed by atoms with Gasteiger partial charge in [-0.15, -0.1) is 0 Å². The zero-order valence-corrected chi connectivity index (χ0v) is 20.6. The standard InChI is InChI=1S/C27H30O3Te/c1-2-27(19-9-10-20-27)30-26(28)21-29-22-15-17-25(18-16-22)31(23-11-5-3-6-12-23)24-13-7-4-8-14-24/h3-8,11-18,31H,2,9-10,19-21H2,1H3. The molecule has 1 fully saturated rings. The fourth-order valence-corrected chi connectivity index (χ4v) is 10.8. The van der Waals surface area contributed by atoms with Gasteiger partial charge >= 0.3 is 193 Å². The van der Waals surface area contributed by atoms with Gasteiger partial charge in [0.15, 0.2) is 0 Å². The first-order valence-electron chi connectivity index (χ1n) is 11.0. The summed E-state index contributed by atoms with van der Waals surface area (Å²) < 4.78 is 15.8. The van der Waals surface area contributed by atoms with Crippen LogP contribution in [0.3, 0.4) is 0 Å². The SMILES string of the molecule is CCC1(OC(=O)COc2ccc([TeH](c3ccccc3)c3ccccc3)cc2)CCCC1. The molecule has 0 unspecified atom stereocenters. The number of ether oxygens (including phenoxy) is 2. The molecular weight excluding hydrogens is 500 g/mol. The number of carbonyl (C=O) groups excluding carboxylic acids is 1. The molecule has 4 heteroatoms. The van der Waals surface area contributed by atoms with Crippen molar-refractivity contribution in [3.63, 3.8) is 0 Å². The quantitative estimate of drug-likeness (QED) is 0.330. The van der Waals surface area contributed by atoms with Crippen LogP contribution < -0.4 is 15.6 Å². The number of carbonyl (C=O) groups is 1. The molecule has 0 amide bonds. The van der Waals surface area contributed by atoms with Gasteiger partial charge in [0.1, 0.15) is 0 Å². The summed E-state index contributed by atoms with van der Waals surface area (Å²) in [4.78, 5) is 12.3. The molecule has 3 nitrogen and oxygen atoms in total. The summed E-state index contributed by atoms with van der Waals surface area (Å²) in [6.07, 6.45) is 5.09. The number of rotatable bonds is 8. The van der Waals surface area contributed by atoms with Crippen LogP contribution >= 0.6 is 0 Å². The molecule has 0 heterocycles. The minimum absolute atomic E-state index is 0.0387. The third-order valence-electron chi connectivity index (χ3n) is 5.97. The van der Waals surface area contributed by atoms with Crippen molar-refractivity contribution in [3.05, 3.63) is 84.9 Å². The zero-order chi connectivity index (χ0) is 21.5. The van der Waals surface area contributed by atoms with Gasteiger partial charge in [-0.25, -0.2) is 0 Å². The van der Waals surface area contributed by atoms with Crippen LogP contribution in [-0.4, -0.2) is 37.7 Å². The summed E-state index contributed by atoms with van der Waals surface area (Å²) in [6, 6.07) is 29.8. The molecular formula is C27H30O3Te. The molecule has 1 aliphatic rings. The van der Waals surface area contributed by atoms with E-state index in [4.69, 9.17) is 9.47 Å². The third-order valence-corrected chi connectivity index (χ3v) is 12.9. The van der Waals surface area contributed by atoms with E-state index in [1.807, 2.05) is 12.1 Å². The van der Waals surface area contributed by atoms with Gasteiger partial charge in [-0.2, -0.15) is 0 Å². The Morgan fingerprint density at radius 2 is 1.32 bits per heavy atom. The van der Waals surface area contributed by atoms with Crippen LogP contribution in [0, 0.1) is 0 Å². The second-order valence-electron chi connectivity index (χ2n) is 8.01. The van der Waals surface area contributed by atoms with Crippen molar-refractivity contribution in [2.75, 3.05) is 6.61 Å². The molecule has 0 N–H and O–H groups in total. The Hall–Kier alpha value is -2.28. The van der Waals surface area contributed by atoms with E-state index in [0.717, 1.165) is 32.1 Å². The van der Waals surface area contributed by atoms with E-state index in [1.165, 1.54) is 10.8 Å². The fourth-order valence-electron chi connectivity index (χ4n) is 4.25. The number of esters is 1. The van der Waals surface area contributed by atoms with Crippen LogP contribution in [-0.2, 0) is 9.53 Å². The average Bonchev–Trinajstić information content (AvgIpc) is 3.29. The summed E-state index contributed by atoms with van der Waals surface area (Å²) in [7, 11) is 0. The molecule has 1 saturated carbocycles. The van der Waals surface area contributed by atoms with E-state index < -0.39 is 19.6 Å². The fraction of sp³-hybridized carbons (Fsp3) is 0.296. The van der Waals surface area contributed by atoms with E-state index in [9.17, 15) is 4.79 Å². The topological polar surface area (TPSA) is 35.5 Å². The van der Waals surface area contributed by atoms with Gasteiger partial charge in [0, 0.05) is 0 Å². The number of hydrogen-bond acceptors (Lipinski definition) is 3. The molecule has 0 aliphatic heterocycles. The van der Waals surface area contributed by atoms with Crippen LogP contribution in [0.1, 0.15) is 39.0 Å². The monoisotopic (exact) mass is 532 g/mol. The Kier molecular flexibility index (Phi) is 7.33. The van der Waals surface area contributed by atoms with Crippen molar-refractivity contribution < 1.29 is 14.3 Å². The second kappa shape index (κ2) is 10.4. The summed E-state index contributed by atoms with van der Waals surface area (Å²) in [6.45, 7) is 2.06. The van der Waals surface area contributed by atoms with Crippen LogP contribution in [0.5, 0.6) is 5.75 Å². The summed E-state index contributed by atoms with van der Waals surface area (Å²) in [5.74, 6) is 0.441. The van der Waals surface area contributed by atoms with Crippen molar-refractivity contribution in [3.8, 4) is 5.75 Å². The molecule has 0 saturated heterocycles. The van der Waals surface area contributed by atoms with Crippen LogP contribution in [0.25, 0.3) is 0 Å². The van der Waals surface area contributed by atoms with Crippen molar-refractivity contribution in [1.29, 1.82) is 0 Å². The van der Waals surface area contributed by atoms with Gasteiger partial charge < -0.3 is 0 Å². The van der Waals surface area contributed by atoms with E-state index in [0.29, 0.717) is 5.75 Å². The maximum absolute atomic E-state index is 12.3. The number of hydrogen-bond donors (Lipinski definition) is 0. The Balaban J connectivity index is 1.44. The van der Waals surface area contributed by atoms with E-state index in [1.54, 1.807) is 0 Å². The number of benzene rings is 3. The molecule has 0 aromatic heterocycles. The maximum atomic E-state index is 12.3. The molecule has 0 atom stereocenters. The summed E-state index contributed by atoms with van der Waals surface area (Å²) >= 11 is -2.09. The molecule has 0 radical (unpaired) electrons. The van der Waals surface area contributed by atoms with Gasteiger partial charge in [-0.1, -0.05) is 0 Å². The average molecular weight is 530 g/mol. The molecule has 3 aromatic rings. The van der Waals surface area contributed by atoms with Crippen molar-refractivity contribution >= 4 is 36.4 Å². The van der Waals surface area contributed by atoms with Gasteiger partial charge in [-0.05, 0) is 0 Å². The Morgan fingerprint density at radius 1 is 0.806 bits per heavy atom. The first-order chi connectivity index (χ1) is 15.2. The van der Waals surface area contributed by atoms with Crippen molar-refractivity contribution in [2.24, 2.45) is 0 Å². The van der Waals surface area contributed by atoms with Crippen LogP contribution in [0.4, 0.5) is 0 Å². The molecule has 1 aliphatic carbocycles. The van der Waals surface area contributed by atoms with Gasteiger partial charge in [0.05, 0.1) is 0 Å². The zero-order valence-electron chi connectivity index (χ0n) is 18.0. The van der Waals surface area contributed by atoms with E-state index >= 15 is 0 Å². The predicted octanol–water partition coefficient (Wildman–Crippen LogP) is 3.58. The van der Waals surface area contributed by atoms with Crippen molar-refractivity contribution in [1.82, 2.24) is 0 Å². The first kappa shape index (κ1) is 21.9. The van der Waals surface area contributed by atoms with Gasteiger partial charge in [0.25, 0.3) is 0 Å². The molecule has 3 aromatic carbocycles. The molecule has 31 heavy (non-hydrogen) atoms. The summed E-state index contributed by atoms with van der Waals surface area (Å²) in [5.41, 5.74) is -0.268. The van der Waals surface area contributed by atoms with Gasteiger partial charge in [-0.3, -0.25) is 0 Å². The third kappa shape index (κ3) is 5.50. The van der Waals surface area contributed by atoms with E-state index in [2.05, 4.69) is 79.7 Å². The normalized spacial score (nSPS) is 15.3. The Bertz CT molecular complexity index is 925.